The normalized spacial score (nSPS) is 14.9. The summed E-state index contributed by atoms with van der Waals surface area (Å²) in [6.45, 7) is 4.76. The van der Waals surface area contributed by atoms with Crippen molar-refractivity contribution in [3.05, 3.63) is 176 Å². The summed E-state index contributed by atoms with van der Waals surface area (Å²) in [6.07, 6.45) is 0. The first-order valence-electron chi connectivity index (χ1n) is 18.3. The summed E-state index contributed by atoms with van der Waals surface area (Å²) < 4.78 is 2.69. The van der Waals surface area contributed by atoms with Crippen molar-refractivity contribution in [2.24, 2.45) is 0 Å². The van der Waals surface area contributed by atoms with E-state index in [1.54, 1.807) is 0 Å². The highest BCUT2D eigenvalue weighted by molar-refractivity contribution is 7.33. The lowest BCUT2D eigenvalue weighted by Gasteiger charge is -2.45. The van der Waals surface area contributed by atoms with Crippen LogP contribution in [0.3, 0.4) is 0 Å². The van der Waals surface area contributed by atoms with E-state index in [9.17, 15) is 0 Å². The second-order valence-electron chi connectivity index (χ2n) is 14.5. The van der Waals surface area contributed by atoms with Crippen molar-refractivity contribution in [3.63, 3.8) is 0 Å². The Morgan fingerprint density at radius 3 is 1.60 bits per heavy atom. The predicted octanol–water partition coefficient (Wildman–Crippen LogP) is 11.0. The van der Waals surface area contributed by atoms with E-state index in [-0.39, 0.29) is 6.71 Å². The van der Waals surface area contributed by atoms with E-state index in [1.807, 2.05) is 11.3 Å². The standard InChI is InChI=1S/C47H35BN4S/c1-47(2)51(34-23-11-5-12-24-34)40-31-39-42-45(44(40)52(47)35-25-13-6-14-26-35)49(32-19-7-3-8-20-32)38-29-17-16-28-37(38)48(42)46-43(36-27-15-18-30-41(36)53-46)50(39)33-21-9-4-10-22-33/h3-31H,1-2H3. The van der Waals surface area contributed by atoms with Gasteiger partial charge in [-0.2, -0.15) is 0 Å². The number of rotatable bonds is 4. The van der Waals surface area contributed by atoms with Crippen LogP contribution in [-0.2, 0) is 0 Å². The zero-order chi connectivity index (χ0) is 35.3. The summed E-state index contributed by atoms with van der Waals surface area (Å²) in [5, 5.41) is 1.29. The highest BCUT2D eigenvalue weighted by Crippen LogP contribution is 2.61. The van der Waals surface area contributed by atoms with E-state index in [1.165, 1.54) is 59.9 Å². The SMILES string of the molecule is CC1(C)N(c2ccccc2)c2cc3c4c(c2N1c1ccccc1)N(c1ccccc1)c1ccccc1B4c1sc2ccccc2c1N3c1ccccc1. The first-order chi connectivity index (χ1) is 26.1. The van der Waals surface area contributed by atoms with Crippen molar-refractivity contribution in [2.45, 2.75) is 19.5 Å². The first-order valence-corrected chi connectivity index (χ1v) is 19.1. The Morgan fingerprint density at radius 1 is 0.453 bits per heavy atom. The van der Waals surface area contributed by atoms with Crippen LogP contribution in [0.2, 0.25) is 0 Å². The smallest absolute Gasteiger partial charge is 0.264 e. The molecule has 0 amide bonds. The average molecular weight is 699 g/mol. The third kappa shape index (κ3) is 4.24. The molecule has 4 heterocycles. The lowest BCUT2D eigenvalue weighted by atomic mass is 9.36. The van der Waals surface area contributed by atoms with Crippen LogP contribution in [0.4, 0.5) is 56.9 Å². The van der Waals surface area contributed by atoms with E-state index < -0.39 is 5.66 Å². The Balaban J connectivity index is 1.35. The van der Waals surface area contributed by atoms with E-state index in [4.69, 9.17) is 0 Å². The van der Waals surface area contributed by atoms with Crippen molar-refractivity contribution in [2.75, 3.05) is 19.6 Å². The molecule has 3 aliphatic rings. The lowest BCUT2D eigenvalue weighted by Crippen LogP contribution is -2.60. The molecule has 8 aromatic rings. The maximum atomic E-state index is 2.58. The first kappa shape index (κ1) is 30.4. The molecule has 3 aliphatic heterocycles. The molecule has 252 valence electrons. The molecule has 0 spiro atoms. The van der Waals surface area contributed by atoms with E-state index in [0.717, 1.165) is 22.7 Å². The minimum Gasteiger partial charge on any atom is -0.316 e. The quantitative estimate of drug-likeness (QED) is 0.170. The highest BCUT2D eigenvalue weighted by atomic mass is 32.1. The number of para-hydroxylation sites is 5. The fraction of sp³-hybridized carbons (Fsp3) is 0.0638. The van der Waals surface area contributed by atoms with Gasteiger partial charge in [-0.3, -0.25) is 0 Å². The van der Waals surface area contributed by atoms with Crippen LogP contribution in [0.1, 0.15) is 13.8 Å². The van der Waals surface area contributed by atoms with Gasteiger partial charge >= 0.3 is 0 Å². The Labute approximate surface area is 314 Å². The maximum absolute atomic E-state index is 2.58. The van der Waals surface area contributed by atoms with Gasteiger partial charge in [0.1, 0.15) is 5.66 Å². The van der Waals surface area contributed by atoms with Crippen LogP contribution in [-0.4, -0.2) is 12.4 Å². The molecule has 0 atom stereocenters. The fourth-order valence-electron chi connectivity index (χ4n) is 9.23. The van der Waals surface area contributed by atoms with Gasteiger partial charge in [0.15, 0.2) is 0 Å². The van der Waals surface area contributed by atoms with Crippen molar-refractivity contribution in [3.8, 4) is 0 Å². The van der Waals surface area contributed by atoms with Gasteiger partial charge in [-0.1, -0.05) is 109 Å². The number of nitrogens with zero attached hydrogens (tertiary/aromatic N) is 4. The fourth-order valence-corrected chi connectivity index (χ4v) is 10.5. The number of anilines is 10. The zero-order valence-corrected chi connectivity index (χ0v) is 30.3. The molecule has 0 saturated heterocycles. The molecule has 0 N–H and O–H groups in total. The van der Waals surface area contributed by atoms with Crippen LogP contribution < -0.4 is 35.3 Å². The molecule has 11 rings (SSSR count). The molecule has 7 aromatic carbocycles. The van der Waals surface area contributed by atoms with Crippen molar-refractivity contribution < 1.29 is 0 Å². The minimum absolute atomic E-state index is 0.0420. The monoisotopic (exact) mass is 698 g/mol. The number of benzene rings is 7. The van der Waals surface area contributed by atoms with Gasteiger partial charge in [0, 0.05) is 49.0 Å². The van der Waals surface area contributed by atoms with Gasteiger partial charge in [-0.15, -0.1) is 11.3 Å². The van der Waals surface area contributed by atoms with Crippen LogP contribution in [0, 0.1) is 0 Å². The molecule has 6 heteroatoms. The molecule has 0 fully saturated rings. The molecule has 0 saturated carbocycles. The minimum atomic E-state index is -0.463. The van der Waals surface area contributed by atoms with Crippen LogP contribution in [0.25, 0.3) is 10.1 Å². The van der Waals surface area contributed by atoms with Gasteiger partial charge in [0.2, 0.25) is 0 Å². The van der Waals surface area contributed by atoms with Gasteiger partial charge in [0.25, 0.3) is 6.71 Å². The van der Waals surface area contributed by atoms with Crippen LogP contribution in [0.15, 0.2) is 176 Å². The van der Waals surface area contributed by atoms with Gasteiger partial charge in [-0.25, -0.2) is 0 Å². The molecule has 0 radical (unpaired) electrons. The van der Waals surface area contributed by atoms with Crippen molar-refractivity contribution in [1.82, 2.24) is 0 Å². The molecule has 1 aromatic heterocycles. The van der Waals surface area contributed by atoms with Crippen molar-refractivity contribution >= 4 is 101 Å². The van der Waals surface area contributed by atoms with E-state index in [2.05, 4.69) is 209 Å². The Bertz CT molecular complexity index is 2680. The average Bonchev–Trinajstić information content (AvgIpc) is 3.70. The molecule has 0 unspecified atom stereocenters. The predicted molar refractivity (Wildman–Crippen MR) is 227 cm³/mol. The Morgan fingerprint density at radius 2 is 0.962 bits per heavy atom. The molecule has 0 bridgehead atoms. The summed E-state index contributed by atoms with van der Waals surface area (Å²) in [7, 11) is 0. The second kappa shape index (κ2) is 11.4. The Kier molecular flexibility index (Phi) is 6.53. The number of hydrogen-bond donors (Lipinski definition) is 0. The summed E-state index contributed by atoms with van der Waals surface area (Å²) in [5.41, 5.74) is 14.2. The number of hydrogen-bond acceptors (Lipinski definition) is 5. The Hall–Kier alpha value is -6.24. The van der Waals surface area contributed by atoms with Crippen LogP contribution in [0.5, 0.6) is 0 Å². The maximum Gasteiger partial charge on any atom is 0.264 e. The van der Waals surface area contributed by atoms with E-state index >= 15 is 0 Å². The second-order valence-corrected chi connectivity index (χ2v) is 15.6. The number of fused-ring (bicyclic) bond motifs is 8. The molecular weight excluding hydrogens is 663 g/mol. The largest absolute Gasteiger partial charge is 0.316 e. The van der Waals surface area contributed by atoms with Gasteiger partial charge in [0.05, 0.1) is 22.7 Å². The topological polar surface area (TPSA) is 13.0 Å². The summed E-state index contributed by atoms with van der Waals surface area (Å²) in [5.74, 6) is 0. The summed E-state index contributed by atoms with van der Waals surface area (Å²) in [4.78, 5) is 10.2. The van der Waals surface area contributed by atoms with Gasteiger partial charge < -0.3 is 19.6 Å². The highest BCUT2D eigenvalue weighted by Gasteiger charge is 2.52. The number of thiophene rings is 1. The molecule has 4 nitrogen and oxygen atoms in total. The van der Waals surface area contributed by atoms with Gasteiger partial charge in [-0.05, 0) is 91.5 Å². The summed E-state index contributed by atoms with van der Waals surface area (Å²) >= 11 is 1.94. The molecular formula is C47H35BN4S. The molecule has 0 aliphatic carbocycles. The van der Waals surface area contributed by atoms with E-state index in [0.29, 0.717) is 0 Å². The summed E-state index contributed by atoms with van der Waals surface area (Å²) in [6, 6.07) is 64.3. The zero-order valence-electron chi connectivity index (χ0n) is 29.5. The van der Waals surface area contributed by atoms with Crippen LogP contribution >= 0.6 is 11.3 Å². The third-order valence-corrected chi connectivity index (χ3v) is 12.4. The molecule has 53 heavy (non-hydrogen) atoms. The third-order valence-electron chi connectivity index (χ3n) is 11.2. The lowest BCUT2D eigenvalue weighted by molar-refractivity contribution is 0.540. The van der Waals surface area contributed by atoms with Crippen molar-refractivity contribution in [1.29, 1.82) is 0 Å².